The Morgan fingerprint density at radius 2 is 2.06 bits per heavy atom. The van der Waals surface area contributed by atoms with E-state index in [4.69, 9.17) is 23.2 Å². The molecule has 1 heterocycles. The highest BCUT2D eigenvalue weighted by Gasteiger charge is 2.23. The summed E-state index contributed by atoms with van der Waals surface area (Å²) in [6.07, 6.45) is 0. The third-order valence-corrected chi connectivity index (χ3v) is 3.52. The van der Waals surface area contributed by atoms with Crippen LogP contribution < -0.4 is 10.2 Å². The van der Waals surface area contributed by atoms with Gasteiger partial charge in [-0.1, -0.05) is 23.2 Å². The van der Waals surface area contributed by atoms with Crippen molar-refractivity contribution in [1.29, 1.82) is 0 Å². The van der Waals surface area contributed by atoms with Gasteiger partial charge in [0, 0.05) is 30.2 Å². The number of nitrogens with zero attached hydrogens (tertiary/aromatic N) is 1. The minimum absolute atomic E-state index is 0.454. The van der Waals surface area contributed by atoms with Crippen molar-refractivity contribution in [3.05, 3.63) is 28.2 Å². The fourth-order valence-electron chi connectivity index (χ4n) is 2.07. The maximum Gasteiger partial charge on any atom is 0.0654 e. The number of halogens is 2. The standard InChI is InChI=1S/C12H16Cl2N2/c1-8-7-16(9(2)6-15-8)12-4-3-10(13)5-11(12)14/h3-5,8-9,15H,6-7H2,1-2H3. The molecule has 0 amide bonds. The normalized spacial score (nSPS) is 25.9. The molecular weight excluding hydrogens is 243 g/mol. The van der Waals surface area contributed by atoms with Crippen LogP contribution in [0.5, 0.6) is 0 Å². The van der Waals surface area contributed by atoms with E-state index in [-0.39, 0.29) is 0 Å². The van der Waals surface area contributed by atoms with Gasteiger partial charge in [-0.3, -0.25) is 0 Å². The molecule has 2 atom stereocenters. The van der Waals surface area contributed by atoms with Gasteiger partial charge in [0.15, 0.2) is 0 Å². The van der Waals surface area contributed by atoms with Crippen LogP contribution in [0, 0.1) is 0 Å². The van der Waals surface area contributed by atoms with E-state index in [1.165, 1.54) is 0 Å². The fourth-order valence-corrected chi connectivity index (χ4v) is 2.59. The van der Waals surface area contributed by atoms with Crippen molar-refractivity contribution in [2.24, 2.45) is 0 Å². The lowest BCUT2D eigenvalue weighted by molar-refractivity contribution is 0.425. The van der Waals surface area contributed by atoms with Crippen LogP contribution in [0.1, 0.15) is 13.8 Å². The van der Waals surface area contributed by atoms with Gasteiger partial charge in [0.1, 0.15) is 0 Å². The predicted octanol–water partition coefficient (Wildman–Crippen LogP) is 3.18. The topological polar surface area (TPSA) is 15.3 Å². The number of anilines is 1. The summed E-state index contributed by atoms with van der Waals surface area (Å²) in [7, 11) is 0. The van der Waals surface area contributed by atoms with Gasteiger partial charge in [0.05, 0.1) is 10.7 Å². The molecule has 0 spiro atoms. The van der Waals surface area contributed by atoms with Crippen molar-refractivity contribution in [3.63, 3.8) is 0 Å². The van der Waals surface area contributed by atoms with Crippen molar-refractivity contribution in [1.82, 2.24) is 5.32 Å². The summed E-state index contributed by atoms with van der Waals surface area (Å²) in [4.78, 5) is 2.33. The highest BCUT2D eigenvalue weighted by atomic mass is 35.5. The average Bonchev–Trinajstić information content (AvgIpc) is 2.22. The predicted molar refractivity (Wildman–Crippen MR) is 70.7 cm³/mol. The maximum absolute atomic E-state index is 6.23. The molecule has 2 nitrogen and oxygen atoms in total. The van der Waals surface area contributed by atoms with Gasteiger partial charge >= 0.3 is 0 Å². The quantitative estimate of drug-likeness (QED) is 0.833. The molecule has 2 unspecified atom stereocenters. The highest BCUT2D eigenvalue weighted by molar-refractivity contribution is 6.36. The second kappa shape index (κ2) is 4.82. The lowest BCUT2D eigenvalue weighted by Gasteiger charge is -2.39. The Morgan fingerprint density at radius 1 is 1.31 bits per heavy atom. The summed E-state index contributed by atoms with van der Waals surface area (Å²) < 4.78 is 0. The molecule has 2 rings (SSSR count). The minimum Gasteiger partial charge on any atom is -0.365 e. The Morgan fingerprint density at radius 3 is 2.75 bits per heavy atom. The second-order valence-corrected chi connectivity index (χ2v) is 5.25. The smallest absolute Gasteiger partial charge is 0.0654 e. The van der Waals surface area contributed by atoms with Crippen LogP contribution >= 0.6 is 23.2 Å². The fraction of sp³-hybridized carbons (Fsp3) is 0.500. The van der Waals surface area contributed by atoms with E-state index in [1.54, 1.807) is 6.07 Å². The van der Waals surface area contributed by atoms with Crippen LogP contribution in [-0.4, -0.2) is 25.2 Å². The summed E-state index contributed by atoms with van der Waals surface area (Å²) in [6.45, 7) is 6.34. The Balaban J connectivity index is 2.28. The lowest BCUT2D eigenvalue weighted by Crippen LogP contribution is -2.54. The molecular formula is C12H16Cl2N2. The number of hydrogen-bond donors (Lipinski definition) is 1. The monoisotopic (exact) mass is 258 g/mol. The Hall–Kier alpha value is -0.440. The van der Waals surface area contributed by atoms with Gasteiger partial charge in [-0.25, -0.2) is 0 Å². The van der Waals surface area contributed by atoms with E-state index in [0.29, 0.717) is 17.1 Å². The average molecular weight is 259 g/mol. The molecule has 1 aliphatic heterocycles. The summed E-state index contributed by atoms with van der Waals surface area (Å²) in [5.74, 6) is 0. The first-order chi connectivity index (χ1) is 7.58. The van der Waals surface area contributed by atoms with Crippen LogP contribution in [0.4, 0.5) is 5.69 Å². The molecule has 0 aromatic heterocycles. The third kappa shape index (κ3) is 2.45. The second-order valence-electron chi connectivity index (χ2n) is 4.41. The first kappa shape index (κ1) is 12.0. The first-order valence-electron chi connectivity index (χ1n) is 5.53. The third-order valence-electron chi connectivity index (χ3n) is 2.98. The molecule has 1 saturated heterocycles. The number of piperazine rings is 1. The molecule has 1 aromatic carbocycles. The summed E-state index contributed by atoms with van der Waals surface area (Å²) in [5, 5.41) is 4.87. The Kier molecular flexibility index (Phi) is 3.63. The van der Waals surface area contributed by atoms with E-state index < -0.39 is 0 Å². The molecule has 0 saturated carbocycles. The Bertz CT molecular complexity index is 381. The largest absolute Gasteiger partial charge is 0.365 e. The van der Waals surface area contributed by atoms with Gasteiger partial charge in [0.2, 0.25) is 0 Å². The summed E-state index contributed by atoms with van der Waals surface area (Å²) in [5.41, 5.74) is 1.08. The number of hydrogen-bond acceptors (Lipinski definition) is 2. The number of rotatable bonds is 1. The Labute approximate surface area is 107 Å². The van der Waals surface area contributed by atoms with E-state index >= 15 is 0 Å². The SMILES string of the molecule is CC1CN(c2ccc(Cl)cc2Cl)C(C)CN1. The van der Waals surface area contributed by atoms with Crippen molar-refractivity contribution in [2.75, 3.05) is 18.0 Å². The van der Waals surface area contributed by atoms with E-state index in [9.17, 15) is 0 Å². The summed E-state index contributed by atoms with van der Waals surface area (Å²) >= 11 is 12.1. The molecule has 88 valence electrons. The zero-order valence-electron chi connectivity index (χ0n) is 9.50. The lowest BCUT2D eigenvalue weighted by atomic mass is 10.1. The van der Waals surface area contributed by atoms with Gasteiger partial charge in [-0.2, -0.15) is 0 Å². The van der Waals surface area contributed by atoms with Crippen molar-refractivity contribution in [3.8, 4) is 0 Å². The zero-order valence-corrected chi connectivity index (χ0v) is 11.0. The van der Waals surface area contributed by atoms with Gasteiger partial charge in [-0.15, -0.1) is 0 Å². The van der Waals surface area contributed by atoms with Gasteiger partial charge < -0.3 is 10.2 Å². The molecule has 4 heteroatoms. The molecule has 0 bridgehead atoms. The highest BCUT2D eigenvalue weighted by Crippen LogP contribution is 2.30. The molecule has 0 radical (unpaired) electrons. The molecule has 16 heavy (non-hydrogen) atoms. The van der Waals surface area contributed by atoms with Gasteiger partial charge in [-0.05, 0) is 32.0 Å². The van der Waals surface area contributed by atoms with Crippen LogP contribution in [0.3, 0.4) is 0 Å². The molecule has 1 aromatic rings. The van der Waals surface area contributed by atoms with E-state index in [0.717, 1.165) is 23.8 Å². The minimum atomic E-state index is 0.454. The van der Waals surface area contributed by atoms with Crippen molar-refractivity contribution >= 4 is 28.9 Å². The first-order valence-corrected chi connectivity index (χ1v) is 6.28. The van der Waals surface area contributed by atoms with Gasteiger partial charge in [0.25, 0.3) is 0 Å². The van der Waals surface area contributed by atoms with E-state index in [1.807, 2.05) is 12.1 Å². The van der Waals surface area contributed by atoms with Crippen LogP contribution in [0.2, 0.25) is 10.0 Å². The maximum atomic E-state index is 6.23. The van der Waals surface area contributed by atoms with Crippen molar-refractivity contribution in [2.45, 2.75) is 25.9 Å². The number of benzene rings is 1. The van der Waals surface area contributed by atoms with Crippen molar-refractivity contribution < 1.29 is 0 Å². The summed E-state index contributed by atoms with van der Waals surface area (Å²) in [6, 6.07) is 6.64. The molecule has 0 aliphatic carbocycles. The molecule has 1 aliphatic rings. The molecule has 1 N–H and O–H groups in total. The van der Waals surface area contributed by atoms with E-state index in [2.05, 4.69) is 24.1 Å². The number of nitrogens with one attached hydrogen (secondary N) is 1. The van der Waals surface area contributed by atoms with Crippen LogP contribution in [-0.2, 0) is 0 Å². The molecule has 1 fully saturated rings. The zero-order chi connectivity index (χ0) is 11.7. The van der Waals surface area contributed by atoms with Crippen LogP contribution in [0.25, 0.3) is 0 Å². The van der Waals surface area contributed by atoms with Crippen LogP contribution in [0.15, 0.2) is 18.2 Å².